The molecular weight excluding hydrogens is 516 g/mol. The predicted molar refractivity (Wildman–Crippen MR) is 165 cm³/mol. The molecule has 4 rings (SSSR count). The number of rotatable bonds is 16. The first kappa shape index (κ1) is 30.5. The Bertz CT molecular complexity index is 1230. The van der Waals surface area contributed by atoms with E-state index in [4.69, 9.17) is 18.9 Å². The summed E-state index contributed by atoms with van der Waals surface area (Å²) in [6.45, 7) is 7.00. The molecule has 0 spiro atoms. The minimum absolute atomic E-state index is 0.341. The van der Waals surface area contributed by atoms with Crippen molar-refractivity contribution < 1.29 is 24.1 Å². The van der Waals surface area contributed by atoms with Gasteiger partial charge in [-0.3, -0.25) is 0 Å². The second-order valence-corrected chi connectivity index (χ2v) is 10.6. The number of aryl methyl sites for hydroxylation is 1. The highest BCUT2D eigenvalue weighted by Gasteiger charge is 2.28. The highest BCUT2D eigenvalue weighted by molar-refractivity contribution is 5.70. The van der Waals surface area contributed by atoms with Gasteiger partial charge in [0, 0.05) is 33.4 Å². The molecule has 0 aromatic heterocycles. The number of fused-ring (bicyclic) bond motifs is 1. The molecule has 1 aliphatic rings. The molecule has 0 saturated heterocycles. The van der Waals surface area contributed by atoms with E-state index >= 15 is 0 Å². The highest BCUT2D eigenvalue weighted by atomic mass is 16.5. The van der Waals surface area contributed by atoms with Crippen LogP contribution in [0.3, 0.4) is 0 Å². The number of nitrogens with one attached hydrogen (secondary N) is 1. The Morgan fingerprint density at radius 3 is 2.46 bits per heavy atom. The standard InChI is InChI=1S/C34H46N2O5/c1-5-36(24-25-8-14-30(15-9-25)41-21-19-35-18-6-7-20-38-2)33-31(16-17-32(39-3)34(33)40-4)28-11-10-27-23-29(37)13-12-26(27)22-28/h8-9,12-17,23,28,35,37H,5-7,10-11,18-22,24H2,1-4H3. The molecule has 2 N–H and O–H groups in total. The van der Waals surface area contributed by atoms with E-state index in [2.05, 4.69) is 53.5 Å². The second kappa shape index (κ2) is 15.5. The summed E-state index contributed by atoms with van der Waals surface area (Å²) in [5, 5.41) is 13.4. The maximum atomic E-state index is 9.95. The average molecular weight is 563 g/mol. The van der Waals surface area contributed by atoms with E-state index in [0.717, 1.165) is 87.8 Å². The maximum absolute atomic E-state index is 9.95. The molecule has 7 heteroatoms. The van der Waals surface area contributed by atoms with Crippen LogP contribution in [0.4, 0.5) is 5.69 Å². The van der Waals surface area contributed by atoms with Crippen LogP contribution in [-0.4, -0.2) is 59.3 Å². The van der Waals surface area contributed by atoms with Gasteiger partial charge in [-0.15, -0.1) is 0 Å². The van der Waals surface area contributed by atoms with Gasteiger partial charge >= 0.3 is 0 Å². The molecular formula is C34H46N2O5. The van der Waals surface area contributed by atoms with Crippen LogP contribution in [0.1, 0.15) is 54.4 Å². The summed E-state index contributed by atoms with van der Waals surface area (Å²) in [6, 6.07) is 18.4. The first-order valence-electron chi connectivity index (χ1n) is 14.8. The molecule has 1 aliphatic carbocycles. The zero-order chi connectivity index (χ0) is 29.0. The van der Waals surface area contributed by atoms with Crippen molar-refractivity contribution in [3.05, 3.63) is 76.9 Å². The van der Waals surface area contributed by atoms with Crippen LogP contribution < -0.4 is 24.4 Å². The Morgan fingerprint density at radius 1 is 0.902 bits per heavy atom. The van der Waals surface area contributed by atoms with Crippen LogP contribution in [-0.2, 0) is 24.1 Å². The number of hydrogen-bond donors (Lipinski definition) is 2. The number of unbranched alkanes of at least 4 members (excludes halogenated alkanes) is 1. The number of methoxy groups -OCH3 is 3. The van der Waals surface area contributed by atoms with Crippen molar-refractivity contribution in [2.24, 2.45) is 0 Å². The van der Waals surface area contributed by atoms with E-state index in [1.54, 1.807) is 27.4 Å². The van der Waals surface area contributed by atoms with Crippen LogP contribution in [0.15, 0.2) is 54.6 Å². The van der Waals surface area contributed by atoms with Gasteiger partial charge in [0.15, 0.2) is 11.5 Å². The van der Waals surface area contributed by atoms with Crippen LogP contribution in [0.25, 0.3) is 0 Å². The summed E-state index contributed by atoms with van der Waals surface area (Å²) < 4.78 is 22.7. The Balaban J connectivity index is 1.46. The molecule has 0 fully saturated rings. The molecule has 3 aromatic rings. The van der Waals surface area contributed by atoms with Gasteiger partial charge < -0.3 is 34.3 Å². The van der Waals surface area contributed by atoms with Crippen molar-refractivity contribution in [3.8, 4) is 23.0 Å². The number of nitrogens with zero attached hydrogens (tertiary/aromatic N) is 1. The molecule has 0 heterocycles. The van der Waals surface area contributed by atoms with Gasteiger partial charge in [0.1, 0.15) is 18.1 Å². The summed E-state index contributed by atoms with van der Waals surface area (Å²) >= 11 is 0. The molecule has 0 radical (unpaired) electrons. The third kappa shape index (κ3) is 8.08. The number of phenolic OH excluding ortho intramolecular Hbond substituents is 1. The highest BCUT2D eigenvalue weighted by Crippen LogP contribution is 2.46. The lowest BCUT2D eigenvalue weighted by Gasteiger charge is -2.33. The lowest BCUT2D eigenvalue weighted by Crippen LogP contribution is -2.26. The number of benzene rings is 3. The number of phenols is 1. The van der Waals surface area contributed by atoms with E-state index in [0.29, 0.717) is 18.3 Å². The topological polar surface area (TPSA) is 72.4 Å². The fraction of sp³-hybridized carbons (Fsp3) is 0.471. The van der Waals surface area contributed by atoms with Crippen molar-refractivity contribution in [2.75, 3.05) is 59.1 Å². The monoisotopic (exact) mass is 562 g/mol. The van der Waals surface area contributed by atoms with Gasteiger partial charge in [-0.1, -0.05) is 24.3 Å². The van der Waals surface area contributed by atoms with E-state index in [-0.39, 0.29) is 0 Å². The predicted octanol–water partition coefficient (Wildman–Crippen LogP) is 6.10. The van der Waals surface area contributed by atoms with Crippen molar-refractivity contribution in [1.82, 2.24) is 5.32 Å². The molecule has 41 heavy (non-hydrogen) atoms. The summed E-state index contributed by atoms with van der Waals surface area (Å²) in [5.41, 5.74) is 6.13. The molecule has 0 amide bonds. The van der Waals surface area contributed by atoms with E-state index in [9.17, 15) is 5.11 Å². The molecule has 3 aromatic carbocycles. The Hall–Kier alpha value is -3.42. The molecule has 1 atom stereocenters. The Kier molecular flexibility index (Phi) is 11.6. The fourth-order valence-electron chi connectivity index (χ4n) is 5.71. The van der Waals surface area contributed by atoms with Crippen molar-refractivity contribution in [3.63, 3.8) is 0 Å². The van der Waals surface area contributed by atoms with Crippen molar-refractivity contribution in [2.45, 2.75) is 51.5 Å². The summed E-state index contributed by atoms with van der Waals surface area (Å²) in [6.07, 6.45) is 5.08. The number of aromatic hydroxyl groups is 1. The molecule has 222 valence electrons. The van der Waals surface area contributed by atoms with Gasteiger partial charge in [0.2, 0.25) is 0 Å². The minimum Gasteiger partial charge on any atom is -0.508 e. The normalized spacial score (nSPS) is 14.4. The number of ether oxygens (including phenoxy) is 4. The molecule has 0 aliphatic heterocycles. The minimum atomic E-state index is 0.341. The lowest BCUT2D eigenvalue weighted by atomic mass is 9.79. The summed E-state index contributed by atoms with van der Waals surface area (Å²) in [4.78, 5) is 2.38. The molecule has 7 nitrogen and oxygen atoms in total. The first-order chi connectivity index (χ1) is 20.1. The van der Waals surface area contributed by atoms with E-state index < -0.39 is 0 Å². The molecule has 1 unspecified atom stereocenters. The largest absolute Gasteiger partial charge is 0.508 e. The van der Waals surface area contributed by atoms with Crippen LogP contribution in [0.2, 0.25) is 0 Å². The Morgan fingerprint density at radius 2 is 1.73 bits per heavy atom. The van der Waals surface area contributed by atoms with Crippen molar-refractivity contribution in [1.29, 1.82) is 0 Å². The Labute approximate surface area is 245 Å². The SMILES string of the molecule is CCN(Cc1ccc(OCCNCCCCOC)cc1)c1c(C2CCc3cc(O)ccc3C2)ccc(OC)c1OC. The summed E-state index contributed by atoms with van der Waals surface area (Å²) in [5.74, 6) is 3.08. The summed E-state index contributed by atoms with van der Waals surface area (Å²) in [7, 11) is 5.15. The van der Waals surface area contributed by atoms with Gasteiger partial charge in [0.25, 0.3) is 0 Å². The van der Waals surface area contributed by atoms with Gasteiger partial charge in [0.05, 0.1) is 19.9 Å². The molecule has 0 bridgehead atoms. The third-order valence-corrected chi connectivity index (χ3v) is 7.90. The zero-order valence-electron chi connectivity index (χ0n) is 25.1. The number of hydrogen-bond acceptors (Lipinski definition) is 7. The zero-order valence-corrected chi connectivity index (χ0v) is 25.1. The number of anilines is 1. The van der Waals surface area contributed by atoms with Gasteiger partial charge in [-0.05, 0) is 104 Å². The van der Waals surface area contributed by atoms with Gasteiger partial charge in [-0.2, -0.15) is 0 Å². The van der Waals surface area contributed by atoms with E-state index in [1.807, 2.05) is 12.1 Å². The van der Waals surface area contributed by atoms with Crippen LogP contribution in [0.5, 0.6) is 23.0 Å². The third-order valence-electron chi connectivity index (χ3n) is 7.90. The lowest BCUT2D eigenvalue weighted by molar-refractivity contribution is 0.192. The second-order valence-electron chi connectivity index (χ2n) is 10.6. The maximum Gasteiger partial charge on any atom is 0.184 e. The average Bonchev–Trinajstić information content (AvgIpc) is 3.00. The van der Waals surface area contributed by atoms with Crippen molar-refractivity contribution >= 4 is 5.69 Å². The van der Waals surface area contributed by atoms with Crippen LogP contribution >= 0.6 is 0 Å². The fourth-order valence-corrected chi connectivity index (χ4v) is 5.71. The smallest absolute Gasteiger partial charge is 0.184 e. The van der Waals surface area contributed by atoms with E-state index in [1.165, 1.54) is 22.3 Å². The molecule has 0 saturated carbocycles. The van der Waals surface area contributed by atoms with Crippen LogP contribution in [0, 0.1) is 0 Å². The van der Waals surface area contributed by atoms with Gasteiger partial charge in [-0.25, -0.2) is 0 Å². The first-order valence-corrected chi connectivity index (χ1v) is 14.8. The quantitative estimate of drug-likeness (QED) is 0.204.